The van der Waals surface area contributed by atoms with Gasteiger partial charge in [0.05, 0.1) is 24.3 Å². The Labute approximate surface area is 168 Å². The number of aryl methyl sites for hydroxylation is 1. The second kappa shape index (κ2) is 6.43. The summed E-state index contributed by atoms with van der Waals surface area (Å²) in [5.41, 5.74) is 2.26. The van der Waals surface area contributed by atoms with Gasteiger partial charge in [0.1, 0.15) is 11.1 Å². The van der Waals surface area contributed by atoms with E-state index in [1.807, 2.05) is 32.6 Å². The topological polar surface area (TPSA) is 77.6 Å². The minimum atomic E-state index is -0.272. The first-order chi connectivity index (χ1) is 14.0. The van der Waals surface area contributed by atoms with Crippen LogP contribution < -0.4 is 4.74 Å². The average molecular weight is 392 g/mol. The Morgan fingerprint density at radius 1 is 1.34 bits per heavy atom. The van der Waals surface area contributed by atoms with Crippen molar-refractivity contribution in [2.75, 3.05) is 7.05 Å². The number of aromatic nitrogens is 5. The molecule has 0 aromatic carbocycles. The molecule has 29 heavy (non-hydrogen) atoms. The average Bonchev–Trinajstić information content (AvgIpc) is 3.27. The van der Waals surface area contributed by atoms with Gasteiger partial charge >= 0.3 is 0 Å². The third-order valence-electron chi connectivity index (χ3n) is 6.21. The first-order valence-corrected chi connectivity index (χ1v) is 9.91. The molecule has 0 bridgehead atoms. The first-order valence-electron chi connectivity index (χ1n) is 9.91. The number of carbonyl (C=O) groups is 1. The van der Waals surface area contributed by atoms with Crippen LogP contribution in [0.5, 0.6) is 5.88 Å². The monoisotopic (exact) mass is 392 g/mol. The molecule has 8 nitrogen and oxygen atoms in total. The van der Waals surface area contributed by atoms with E-state index in [0.717, 1.165) is 42.5 Å². The van der Waals surface area contributed by atoms with Crippen LogP contribution >= 0.6 is 0 Å². The van der Waals surface area contributed by atoms with E-state index >= 15 is 0 Å². The lowest BCUT2D eigenvalue weighted by Gasteiger charge is -2.50. The molecule has 2 fully saturated rings. The molecule has 150 valence electrons. The zero-order chi connectivity index (χ0) is 20.2. The molecular formula is C21H24N6O2. The van der Waals surface area contributed by atoms with E-state index in [4.69, 9.17) is 9.72 Å². The highest BCUT2D eigenvalue weighted by atomic mass is 16.5. The number of carbonyl (C=O) groups excluding carboxylic acids is 1. The lowest BCUT2D eigenvalue weighted by atomic mass is 9.71. The smallest absolute Gasteiger partial charge is 0.245 e. The molecular weight excluding hydrogens is 368 g/mol. The van der Waals surface area contributed by atoms with Crippen molar-refractivity contribution in [1.29, 1.82) is 0 Å². The predicted molar refractivity (Wildman–Crippen MR) is 107 cm³/mol. The second-order valence-corrected chi connectivity index (χ2v) is 8.15. The zero-order valence-electron chi connectivity index (χ0n) is 16.7. The molecule has 8 heteroatoms. The Morgan fingerprint density at radius 3 is 2.79 bits per heavy atom. The van der Waals surface area contributed by atoms with Crippen LogP contribution in [-0.4, -0.2) is 53.9 Å². The van der Waals surface area contributed by atoms with Crippen molar-refractivity contribution in [1.82, 2.24) is 29.3 Å². The molecule has 2 aliphatic rings. The van der Waals surface area contributed by atoms with E-state index in [1.54, 1.807) is 26.5 Å². The third-order valence-corrected chi connectivity index (χ3v) is 6.21. The maximum Gasteiger partial charge on any atom is 0.245 e. The minimum absolute atomic E-state index is 0.0470. The third kappa shape index (κ3) is 2.99. The number of amides is 1. The van der Waals surface area contributed by atoms with E-state index < -0.39 is 0 Å². The van der Waals surface area contributed by atoms with Crippen LogP contribution in [0, 0.1) is 5.92 Å². The van der Waals surface area contributed by atoms with Crippen molar-refractivity contribution >= 4 is 11.4 Å². The molecule has 2 aliphatic carbocycles. The quantitative estimate of drug-likeness (QED) is 0.602. The SMILES string of the molecule is C=CC(=O)N(C)[C@H]1C[C@@](Oc2nc(-c3cnn(C)c3)cn3nccc23)(C2CC2)C1. The molecule has 1 amide bonds. The number of hydrogen-bond donors (Lipinski definition) is 0. The van der Waals surface area contributed by atoms with Gasteiger partial charge in [0, 0.05) is 44.7 Å². The maximum absolute atomic E-state index is 12.0. The lowest BCUT2D eigenvalue weighted by Crippen LogP contribution is -2.59. The largest absolute Gasteiger partial charge is 0.469 e. The van der Waals surface area contributed by atoms with Gasteiger partial charge in [-0.25, -0.2) is 9.50 Å². The molecule has 0 spiro atoms. The van der Waals surface area contributed by atoms with Crippen molar-refractivity contribution in [3.05, 3.63) is 43.5 Å². The first kappa shape index (κ1) is 17.9. The Hall–Kier alpha value is -3.16. The standard InChI is InChI=1S/C21H24N6O2/c1-4-19(28)26(3)16-9-21(10-16,15-5-6-15)29-20-18-7-8-22-27(18)13-17(24-20)14-11-23-25(2)12-14/h4,7-8,11-13,15-16H,1,5-6,9-10H2,2-3H3/t16-,21-. The number of fused-ring (bicyclic) bond motifs is 1. The summed E-state index contributed by atoms with van der Waals surface area (Å²) < 4.78 is 10.2. The van der Waals surface area contributed by atoms with Crippen molar-refractivity contribution in [3.8, 4) is 17.1 Å². The molecule has 0 aliphatic heterocycles. The van der Waals surface area contributed by atoms with E-state index in [2.05, 4.69) is 16.8 Å². The van der Waals surface area contributed by atoms with Gasteiger partial charge in [0.15, 0.2) is 0 Å². The van der Waals surface area contributed by atoms with Gasteiger partial charge in [-0.3, -0.25) is 9.48 Å². The zero-order valence-corrected chi connectivity index (χ0v) is 16.7. The minimum Gasteiger partial charge on any atom is -0.469 e. The number of rotatable bonds is 6. The van der Waals surface area contributed by atoms with Crippen molar-refractivity contribution < 1.29 is 9.53 Å². The van der Waals surface area contributed by atoms with Crippen molar-refractivity contribution in [2.45, 2.75) is 37.3 Å². The van der Waals surface area contributed by atoms with E-state index in [-0.39, 0.29) is 17.6 Å². The molecule has 0 unspecified atom stereocenters. The van der Waals surface area contributed by atoms with Crippen molar-refractivity contribution in [3.63, 3.8) is 0 Å². The van der Waals surface area contributed by atoms with Gasteiger partial charge in [-0.15, -0.1) is 0 Å². The molecule has 3 aromatic heterocycles. The highest BCUT2D eigenvalue weighted by Crippen LogP contribution is 2.54. The molecule has 0 saturated heterocycles. The number of ether oxygens (including phenoxy) is 1. The summed E-state index contributed by atoms with van der Waals surface area (Å²) >= 11 is 0. The van der Waals surface area contributed by atoms with Crippen LogP contribution in [0.15, 0.2) is 43.5 Å². The Morgan fingerprint density at radius 2 is 2.14 bits per heavy atom. The van der Waals surface area contributed by atoms with Crippen LogP contribution in [0.4, 0.5) is 0 Å². The van der Waals surface area contributed by atoms with Crippen LogP contribution in [0.1, 0.15) is 25.7 Å². The van der Waals surface area contributed by atoms with Crippen molar-refractivity contribution in [2.24, 2.45) is 13.0 Å². The molecule has 3 aromatic rings. The fourth-order valence-electron chi connectivity index (χ4n) is 4.30. The molecule has 0 radical (unpaired) electrons. The molecule has 5 rings (SSSR count). The lowest BCUT2D eigenvalue weighted by molar-refractivity contribution is -0.137. The van der Waals surface area contributed by atoms with E-state index in [0.29, 0.717) is 11.8 Å². The molecule has 3 heterocycles. The Balaban J connectivity index is 1.47. The summed E-state index contributed by atoms with van der Waals surface area (Å²) in [5.74, 6) is 1.05. The van der Waals surface area contributed by atoms with E-state index in [1.165, 1.54) is 6.08 Å². The summed E-state index contributed by atoms with van der Waals surface area (Å²) in [4.78, 5) is 18.6. The highest BCUT2D eigenvalue weighted by Gasteiger charge is 2.57. The van der Waals surface area contributed by atoms with Gasteiger partial charge in [0.25, 0.3) is 0 Å². The Bertz CT molecular complexity index is 1090. The van der Waals surface area contributed by atoms with Crippen LogP contribution in [0.25, 0.3) is 16.8 Å². The predicted octanol–water partition coefficient (Wildman–Crippen LogP) is 2.46. The summed E-state index contributed by atoms with van der Waals surface area (Å²) in [6, 6.07) is 2.09. The summed E-state index contributed by atoms with van der Waals surface area (Å²) in [5, 5.41) is 8.63. The van der Waals surface area contributed by atoms with Crippen LogP contribution in [-0.2, 0) is 11.8 Å². The van der Waals surface area contributed by atoms with Crippen LogP contribution in [0.2, 0.25) is 0 Å². The highest BCUT2D eigenvalue weighted by molar-refractivity contribution is 5.87. The summed E-state index contributed by atoms with van der Waals surface area (Å²) in [6.45, 7) is 3.59. The Kier molecular flexibility index (Phi) is 3.97. The van der Waals surface area contributed by atoms with Gasteiger partial charge in [-0.1, -0.05) is 6.58 Å². The van der Waals surface area contributed by atoms with Gasteiger partial charge in [-0.05, 0) is 30.9 Å². The van der Waals surface area contributed by atoms with Gasteiger partial charge < -0.3 is 9.64 Å². The number of hydrogen-bond acceptors (Lipinski definition) is 5. The summed E-state index contributed by atoms with van der Waals surface area (Å²) in [6.07, 6.45) is 12.7. The number of nitrogens with zero attached hydrogens (tertiary/aromatic N) is 6. The number of likely N-dealkylation sites (N-methyl/N-ethyl adjacent to an activating group) is 1. The normalized spacial score (nSPS) is 23.6. The van der Waals surface area contributed by atoms with Gasteiger partial charge in [-0.2, -0.15) is 10.2 Å². The molecule has 2 saturated carbocycles. The van der Waals surface area contributed by atoms with E-state index in [9.17, 15) is 4.79 Å². The van der Waals surface area contributed by atoms with Gasteiger partial charge in [0.2, 0.25) is 11.8 Å². The fourth-order valence-corrected chi connectivity index (χ4v) is 4.30. The second-order valence-electron chi connectivity index (χ2n) is 8.15. The molecule has 0 N–H and O–H groups in total. The van der Waals surface area contributed by atoms with Crippen LogP contribution in [0.3, 0.4) is 0 Å². The summed E-state index contributed by atoms with van der Waals surface area (Å²) in [7, 11) is 3.72. The molecule has 0 atom stereocenters. The fraction of sp³-hybridized carbons (Fsp3) is 0.429. The maximum atomic E-state index is 12.0.